The van der Waals surface area contributed by atoms with Crippen LogP contribution in [0.25, 0.3) is 0 Å². The molecule has 0 saturated heterocycles. The standard InChI is InChI=1S/C12H17NO3/c1-10(8-14)9-16-12(13(2)3)6-4-11(15)5-7-12/h4-8,10H,9H2,1-3H3. The van der Waals surface area contributed by atoms with Gasteiger partial charge in [-0.2, -0.15) is 0 Å². The fourth-order valence-electron chi connectivity index (χ4n) is 1.34. The number of carbonyl (C=O) groups excluding carboxylic acids is 2. The minimum absolute atomic E-state index is 0.0514. The normalized spacial score (nSPS) is 20.1. The first-order valence-electron chi connectivity index (χ1n) is 5.19. The van der Waals surface area contributed by atoms with Crippen LogP contribution < -0.4 is 0 Å². The van der Waals surface area contributed by atoms with E-state index in [0.29, 0.717) is 6.61 Å². The van der Waals surface area contributed by atoms with Crippen molar-refractivity contribution in [1.82, 2.24) is 4.90 Å². The van der Waals surface area contributed by atoms with Crippen LogP contribution in [0.3, 0.4) is 0 Å². The van der Waals surface area contributed by atoms with E-state index < -0.39 is 5.72 Å². The lowest BCUT2D eigenvalue weighted by Crippen LogP contribution is -2.45. The van der Waals surface area contributed by atoms with Crippen molar-refractivity contribution in [3.63, 3.8) is 0 Å². The second-order valence-corrected chi connectivity index (χ2v) is 4.14. The van der Waals surface area contributed by atoms with Gasteiger partial charge in [-0.05, 0) is 38.4 Å². The van der Waals surface area contributed by atoms with Gasteiger partial charge < -0.3 is 9.53 Å². The number of ether oxygens (including phenoxy) is 1. The summed E-state index contributed by atoms with van der Waals surface area (Å²) in [5.41, 5.74) is -0.717. The molecule has 1 atom stereocenters. The van der Waals surface area contributed by atoms with Crippen LogP contribution in [0.4, 0.5) is 0 Å². The Balaban J connectivity index is 2.75. The van der Waals surface area contributed by atoms with Gasteiger partial charge in [-0.3, -0.25) is 9.69 Å². The molecule has 0 radical (unpaired) electrons. The summed E-state index contributed by atoms with van der Waals surface area (Å²) in [6, 6.07) is 0. The first-order valence-corrected chi connectivity index (χ1v) is 5.19. The highest BCUT2D eigenvalue weighted by Gasteiger charge is 2.30. The van der Waals surface area contributed by atoms with Gasteiger partial charge in [0.25, 0.3) is 0 Å². The van der Waals surface area contributed by atoms with E-state index in [1.54, 1.807) is 19.1 Å². The molecule has 0 spiro atoms. The van der Waals surface area contributed by atoms with Crippen LogP contribution >= 0.6 is 0 Å². The molecule has 0 aromatic rings. The molecule has 0 aromatic carbocycles. The van der Waals surface area contributed by atoms with Gasteiger partial charge in [-0.1, -0.05) is 6.92 Å². The Morgan fingerprint density at radius 3 is 2.44 bits per heavy atom. The Labute approximate surface area is 95.6 Å². The molecule has 0 N–H and O–H groups in total. The molecule has 0 saturated carbocycles. The summed E-state index contributed by atoms with van der Waals surface area (Å²) in [5.74, 6) is -0.208. The predicted molar refractivity (Wildman–Crippen MR) is 60.9 cm³/mol. The van der Waals surface area contributed by atoms with Crippen molar-refractivity contribution in [3.05, 3.63) is 24.3 Å². The van der Waals surface area contributed by atoms with Gasteiger partial charge in [-0.15, -0.1) is 0 Å². The molecule has 4 nitrogen and oxygen atoms in total. The van der Waals surface area contributed by atoms with Crippen LogP contribution in [0.2, 0.25) is 0 Å². The van der Waals surface area contributed by atoms with E-state index in [0.717, 1.165) is 6.29 Å². The molecule has 4 heteroatoms. The number of allylic oxidation sites excluding steroid dienone is 2. The molecule has 0 bridgehead atoms. The highest BCUT2D eigenvalue weighted by Crippen LogP contribution is 2.22. The molecule has 0 amide bonds. The number of likely N-dealkylation sites (N-methyl/N-ethyl adjacent to an activating group) is 1. The molecule has 1 aliphatic rings. The summed E-state index contributed by atoms with van der Waals surface area (Å²) in [7, 11) is 3.71. The molecule has 16 heavy (non-hydrogen) atoms. The van der Waals surface area contributed by atoms with Gasteiger partial charge in [0.2, 0.25) is 0 Å². The van der Waals surface area contributed by atoms with Crippen molar-refractivity contribution in [2.24, 2.45) is 5.92 Å². The molecule has 1 aliphatic carbocycles. The number of carbonyl (C=O) groups is 2. The number of nitrogens with zero attached hydrogens (tertiary/aromatic N) is 1. The summed E-state index contributed by atoms with van der Waals surface area (Å²) in [4.78, 5) is 23.4. The maximum absolute atomic E-state index is 11.1. The molecular formula is C12H17NO3. The van der Waals surface area contributed by atoms with Crippen molar-refractivity contribution in [2.75, 3.05) is 20.7 Å². The van der Waals surface area contributed by atoms with Crippen LogP contribution in [-0.2, 0) is 14.3 Å². The van der Waals surface area contributed by atoms with E-state index in [-0.39, 0.29) is 11.7 Å². The first-order chi connectivity index (χ1) is 7.50. The van der Waals surface area contributed by atoms with E-state index in [9.17, 15) is 9.59 Å². The number of aldehydes is 1. The number of ketones is 1. The Bertz CT molecular complexity index is 315. The van der Waals surface area contributed by atoms with E-state index in [1.807, 2.05) is 19.0 Å². The maximum Gasteiger partial charge on any atom is 0.178 e. The quantitative estimate of drug-likeness (QED) is 0.510. The van der Waals surface area contributed by atoms with Gasteiger partial charge in [-0.25, -0.2) is 0 Å². The Morgan fingerprint density at radius 2 is 2.00 bits per heavy atom. The second-order valence-electron chi connectivity index (χ2n) is 4.14. The van der Waals surface area contributed by atoms with E-state index in [1.165, 1.54) is 12.2 Å². The third-order valence-electron chi connectivity index (χ3n) is 2.48. The Hall–Kier alpha value is -1.26. The molecule has 0 heterocycles. The zero-order chi connectivity index (χ0) is 12.2. The van der Waals surface area contributed by atoms with Gasteiger partial charge >= 0.3 is 0 Å². The second kappa shape index (κ2) is 5.18. The topological polar surface area (TPSA) is 46.6 Å². The van der Waals surface area contributed by atoms with E-state index in [2.05, 4.69) is 0 Å². The van der Waals surface area contributed by atoms with Crippen molar-refractivity contribution < 1.29 is 14.3 Å². The van der Waals surface area contributed by atoms with Crippen LogP contribution in [0.1, 0.15) is 6.92 Å². The molecule has 0 fully saturated rings. The highest BCUT2D eigenvalue weighted by atomic mass is 16.5. The van der Waals surface area contributed by atoms with Crippen LogP contribution in [-0.4, -0.2) is 43.4 Å². The first kappa shape index (κ1) is 12.8. The fourth-order valence-corrected chi connectivity index (χ4v) is 1.34. The average Bonchev–Trinajstić information content (AvgIpc) is 2.28. The Kier molecular flexibility index (Phi) is 4.15. The van der Waals surface area contributed by atoms with E-state index >= 15 is 0 Å². The van der Waals surface area contributed by atoms with Gasteiger partial charge in [0.05, 0.1) is 6.61 Å². The van der Waals surface area contributed by atoms with Crippen LogP contribution in [0.15, 0.2) is 24.3 Å². The predicted octanol–water partition coefficient (Wildman–Crippen LogP) is 0.791. The lowest BCUT2D eigenvalue weighted by Gasteiger charge is -2.36. The lowest BCUT2D eigenvalue weighted by atomic mass is 10.0. The maximum atomic E-state index is 11.1. The molecular weight excluding hydrogens is 206 g/mol. The molecule has 1 unspecified atom stereocenters. The monoisotopic (exact) mass is 223 g/mol. The lowest BCUT2D eigenvalue weighted by molar-refractivity contribution is -0.119. The number of hydrogen-bond donors (Lipinski definition) is 0. The summed E-state index contributed by atoms with van der Waals surface area (Å²) in [6.45, 7) is 2.11. The average molecular weight is 223 g/mol. The molecule has 0 aromatic heterocycles. The van der Waals surface area contributed by atoms with Crippen molar-refractivity contribution in [2.45, 2.75) is 12.6 Å². The Morgan fingerprint density at radius 1 is 1.44 bits per heavy atom. The zero-order valence-electron chi connectivity index (χ0n) is 9.84. The number of rotatable bonds is 5. The van der Waals surface area contributed by atoms with Crippen LogP contribution in [0, 0.1) is 5.92 Å². The van der Waals surface area contributed by atoms with Gasteiger partial charge in [0.1, 0.15) is 6.29 Å². The summed E-state index contributed by atoms with van der Waals surface area (Å²) in [6.07, 6.45) is 7.21. The molecule has 88 valence electrons. The third kappa shape index (κ3) is 2.87. The third-order valence-corrected chi connectivity index (χ3v) is 2.48. The smallest absolute Gasteiger partial charge is 0.178 e. The minimum atomic E-state index is -0.717. The van der Waals surface area contributed by atoms with Crippen molar-refractivity contribution in [1.29, 1.82) is 0 Å². The van der Waals surface area contributed by atoms with Gasteiger partial charge in [0.15, 0.2) is 11.5 Å². The summed E-state index contributed by atoms with van der Waals surface area (Å²) in [5, 5.41) is 0. The molecule has 1 rings (SSSR count). The summed E-state index contributed by atoms with van der Waals surface area (Å²) >= 11 is 0. The minimum Gasteiger partial charge on any atom is -0.352 e. The van der Waals surface area contributed by atoms with Crippen molar-refractivity contribution >= 4 is 12.1 Å². The van der Waals surface area contributed by atoms with Gasteiger partial charge in [0, 0.05) is 5.92 Å². The SMILES string of the molecule is CC(C=O)COC1(N(C)C)C=CC(=O)C=C1. The van der Waals surface area contributed by atoms with Crippen molar-refractivity contribution in [3.8, 4) is 0 Å². The number of hydrogen-bond acceptors (Lipinski definition) is 4. The van der Waals surface area contributed by atoms with Crippen LogP contribution in [0.5, 0.6) is 0 Å². The van der Waals surface area contributed by atoms with E-state index in [4.69, 9.17) is 4.74 Å². The fraction of sp³-hybridized carbons (Fsp3) is 0.500. The highest BCUT2D eigenvalue weighted by molar-refractivity contribution is 6.00. The largest absolute Gasteiger partial charge is 0.352 e. The molecule has 0 aliphatic heterocycles. The summed E-state index contributed by atoms with van der Waals surface area (Å²) < 4.78 is 5.70. The zero-order valence-corrected chi connectivity index (χ0v) is 9.84.